The predicted octanol–water partition coefficient (Wildman–Crippen LogP) is 1.63. The fourth-order valence-corrected chi connectivity index (χ4v) is 6.86. The van der Waals surface area contributed by atoms with E-state index in [4.69, 9.17) is 9.47 Å². The van der Waals surface area contributed by atoms with Crippen LogP contribution >= 0.6 is 11.3 Å². The Hall–Kier alpha value is -2.91. The monoisotopic (exact) mass is 550 g/mol. The second-order valence-electron chi connectivity index (χ2n) is 8.63. The van der Waals surface area contributed by atoms with Crippen LogP contribution in [-0.4, -0.2) is 89.3 Å². The summed E-state index contributed by atoms with van der Waals surface area (Å²) in [7, 11) is -2.49. The van der Waals surface area contributed by atoms with Crippen LogP contribution in [0.15, 0.2) is 46.7 Å². The van der Waals surface area contributed by atoms with Gasteiger partial charge in [-0.05, 0) is 53.8 Å². The number of aryl methyl sites for hydroxylation is 1. The number of hydrogen-bond donors (Lipinski definition) is 2. The molecule has 2 N–H and O–H groups in total. The van der Waals surface area contributed by atoms with E-state index in [0.29, 0.717) is 57.4 Å². The van der Waals surface area contributed by atoms with Crippen molar-refractivity contribution in [3.63, 3.8) is 0 Å². The number of benzene rings is 1. The molecule has 12 nitrogen and oxygen atoms in total. The second-order valence-corrected chi connectivity index (χ2v) is 11.8. The lowest BCUT2D eigenvalue weighted by atomic mass is 9.95. The lowest BCUT2D eigenvalue weighted by Crippen LogP contribution is -2.57. The molecular weight excluding hydrogens is 520 g/mol. The normalized spacial score (nSPS) is 15.9. The molecule has 2 aromatic heterocycles. The molecule has 1 fully saturated rings. The van der Waals surface area contributed by atoms with Crippen LogP contribution in [0.1, 0.15) is 19.3 Å². The van der Waals surface area contributed by atoms with E-state index >= 15 is 0 Å². The minimum Gasteiger partial charge on any atom is -0.494 e. The summed E-state index contributed by atoms with van der Waals surface area (Å²) in [5, 5.41) is 23.7. The maximum absolute atomic E-state index is 13.6. The van der Waals surface area contributed by atoms with E-state index in [2.05, 4.69) is 15.4 Å². The number of hydroxylamine groups is 1. The fourth-order valence-electron chi connectivity index (χ4n) is 4.26. The molecule has 0 aliphatic carbocycles. The predicted molar refractivity (Wildman–Crippen MR) is 135 cm³/mol. The molecular formula is C23H30N6O6S2. The van der Waals surface area contributed by atoms with Crippen molar-refractivity contribution in [1.82, 2.24) is 30.6 Å². The lowest BCUT2D eigenvalue weighted by Gasteiger charge is -2.39. The Morgan fingerprint density at radius 3 is 2.57 bits per heavy atom. The number of amides is 1. The number of carbonyl (C=O) groups excluding carboxylic acids is 1. The van der Waals surface area contributed by atoms with Crippen LogP contribution in [0.3, 0.4) is 0 Å². The summed E-state index contributed by atoms with van der Waals surface area (Å²) in [4.78, 5) is 17.1. The van der Waals surface area contributed by atoms with E-state index in [-0.39, 0.29) is 17.7 Å². The SMILES string of the molecule is COCCN1CCC(C(=O)NO)(S(=O)(=O)c2ccc(OCCCn3nnc(-c4cccs4)n3)cc2)CC1. The average molecular weight is 551 g/mol. The van der Waals surface area contributed by atoms with Gasteiger partial charge in [0.1, 0.15) is 5.75 Å². The maximum atomic E-state index is 13.6. The lowest BCUT2D eigenvalue weighted by molar-refractivity contribution is -0.133. The van der Waals surface area contributed by atoms with Crippen LogP contribution in [0.4, 0.5) is 0 Å². The third-order valence-corrected chi connectivity index (χ3v) is 9.79. The van der Waals surface area contributed by atoms with Crippen molar-refractivity contribution in [3.05, 3.63) is 41.8 Å². The van der Waals surface area contributed by atoms with Crippen molar-refractivity contribution in [1.29, 1.82) is 0 Å². The molecule has 0 bridgehead atoms. The van der Waals surface area contributed by atoms with Gasteiger partial charge in [-0.25, -0.2) is 13.9 Å². The summed E-state index contributed by atoms with van der Waals surface area (Å²) in [5.74, 6) is 0.170. The first kappa shape index (κ1) is 27.1. The van der Waals surface area contributed by atoms with Crippen LogP contribution in [0.2, 0.25) is 0 Å². The van der Waals surface area contributed by atoms with Gasteiger partial charge in [-0.15, -0.1) is 21.5 Å². The Morgan fingerprint density at radius 1 is 1.16 bits per heavy atom. The zero-order valence-corrected chi connectivity index (χ0v) is 22.1. The fraction of sp³-hybridized carbons (Fsp3) is 0.478. The largest absolute Gasteiger partial charge is 0.494 e. The number of tetrazole rings is 1. The van der Waals surface area contributed by atoms with Crippen LogP contribution in [-0.2, 0) is 25.9 Å². The molecule has 0 saturated carbocycles. The molecule has 0 radical (unpaired) electrons. The summed E-state index contributed by atoms with van der Waals surface area (Å²) >= 11 is 1.54. The molecule has 0 atom stereocenters. The highest BCUT2D eigenvalue weighted by Gasteiger charge is 2.52. The Morgan fingerprint density at radius 2 is 1.92 bits per heavy atom. The van der Waals surface area contributed by atoms with Gasteiger partial charge in [-0.2, -0.15) is 4.80 Å². The van der Waals surface area contributed by atoms with Gasteiger partial charge in [0.25, 0.3) is 5.91 Å². The summed E-state index contributed by atoms with van der Waals surface area (Å²) < 4.78 is 36.2. The van der Waals surface area contributed by atoms with Crippen molar-refractivity contribution in [2.45, 2.75) is 35.4 Å². The van der Waals surface area contributed by atoms with Gasteiger partial charge >= 0.3 is 0 Å². The first-order chi connectivity index (χ1) is 17.9. The Labute approximate surface area is 219 Å². The highest BCUT2D eigenvalue weighted by atomic mass is 32.2. The first-order valence-electron chi connectivity index (χ1n) is 11.8. The number of piperidine rings is 1. The van der Waals surface area contributed by atoms with E-state index in [9.17, 15) is 18.4 Å². The van der Waals surface area contributed by atoms with Crippen LogP contribution in [0.25, 0.3) is 10.7 Å². The number of nitrogens with one attached hydrogen (secondary N) is 1. The zero-order valence-electron chi connectivity index (χ0n) is 20.4. The van der Waals surface area contributed by atoms with Crippen molar-refractivity contribution in [2.24, 2.45) is 0 Å². The van der Waals surface area contributed by atoms with E-state index < -0.39 is 20.5 Å². The molecule has 0 spiro atoms. The second kappa shape index (κ2) is 12.1. The molecule has 1 aliphatic heterocycles. The van der Waals surface area contributed by atoms with Gasteiger partial charge in [0.05, 0.1) is 29.5 Å². The Bertz CT molecular complexity index is 1260. The molecule has 3 heterocycles. The van der Waals surface area contributed by atoms with Gasteiger partial charge in [-0.3, -0.25) is 10.0 Å². The van der Waals surface area contributed by atoms with Crippen LogP contribution in [0.5, 0.6) is 5.75 Å². The summed E-state index contributed by atoms with van der Waals surface area (Å²) in [6, 6.07) is 9.85. The quantitative estimate of drug-likeness (QED) is 0.194. The number of likely N-dealkylation sites (tertiary alicyclic amines) is 1. The molecule has 37 heavy (non-hydrogen) atoms. The molecule has 0 unspecified atom stereocenters. The minimum atomic E-state index is -4.08. The van der Waals surface area contributed by atoms with E-state index in [0.717, 1.165) is 4.88 Å². The van der Waals surface area contributed by atoms with E-state index in [1.807, 2.05) is 22.4 Å². The summed E-state index contributed by atoms with van der Waals surface area (Å²) in [6.07, 6.45) is 0.752. The number of carbonyl (C=O) groups is 1. The van der Waals surface area contributed by atoms with E-state index in [1.165, 1.54) is 16.9 Å². The molecule has 1 amide bonds. The van der Waals surface area contributed by atoms with Crippen molar-refractivity contribution >= 4 is 27.1 Å². The van der Waals surface area contributed by atoms with Crippen LogP contribution < -0.4 is 10.2 Å². The third kappa shape index (κ3) is 5.99. The topological polar surface area (TPSA) is 149 Å². The minimum absolute atomic E-state index is 0.00159. The highest BCUT2D eigenvalue weighted by molar-refractivity contribution is 7.93. The number of methoxy groups -OCH3 is 1. The van der Waals surface area contributed by atoms with Crippen molar-refractivity contribution < 1.29 is 27.9 Å². The molecule has 3 aromatic rings. The molecule has 1 aromatic carbocycles. The first-order valence-corrected chi connectivity index (χ1v) is 14.2. The summed E-state index contributed by atoms with van der Waals surface area (Å²) in [5.41, 5.74) is 1.58. The molecule has 1 aliphatic rings. The number of ether oxygens (including phenoxy) is 2. The number of hydrogen-bond acceptors (Lipinski definition) is 11. The van der Waals surface area contributed by atoms with Gasteiger partial charge in [0.2, 0.25) is 5.82 Å². The number of rotatable bonds is 12. The Kier molecular flexibility index (Phi) is 8.87. The Balaban J connectivity index is 1.34. The van der Waals surface area contributed by atoms with Gasteiger partial charge < -0.3 is 14.4 Å². The third-order valence-electron chi connectivity index (χ3n) is 6.40. The van der Waals surface area contributed by atoms with Crippen LogP contribution in [0, 0.1) is 0 Å². The average Bonchev–Trinajstić information content (AvgIpc) is 3.62. The highest BCUT2D eigenvalue weighted by Crippen LogP contribution is 2.36. The zero-order chi connectivity index (χ0) is 26.3. The maximum Gasteiger partial charge on any atom is 0.265 e. The summed E-state index contributed by atoms with van der Waals surface area (Å²) in [6.45, 7) is 2.83. The number of aromatic nitrogens is 4. The number of thiophene rings is 1. The number of nitrogens with zero attached hydrogens (tertiary/aromatic N) is 5. The van der Waals surface area contributed by atoms with Crippen molar-refractivity contribution in [3.8, 4) is 16.5 Å². The molecule has 200 valence electrons. The van der Waals surface area contributed by atoms with Gasteiger partial charge in [0.15, 0.2) is 14.6 Å². The van der Waals surface area contributed by atoms with Crippen molar-refractivity contribution in [2.75, 3.05) is 40.0 Å². The van der Waals surface area contributed by atoms with Gasteiger partial charge in [-0.1, -0.05) is 6.07 Å². The molecule has 1 saturated heterocycles. The molecule has 14 heteroatoms. The smallest absolute Gasteiger partial charge is 0.265 e. The number of sulfone groups is 1. The van der Waals surface area contributed by atoms with E-state index in [1.54, 1.807) is 36.1 Å². The van der Waals surface area contributed by atoms with Gasteiger partial charge in [0, 0.05) is 33.2 Å². The molecule has 4 rings (SSSR count). The standard InChI is InChI=1S/C23H30N6O6S2/c1-34-16-14-28-12-9-23(10-13-28,22(30)26-31)37(32,33)19-7-5-18(6-8-19)35-15-3-11-29-25-21(24-27-29)20-4-2-17-36-20/h2,4-8,17,31H,3,9-16H2,1H3,(H,26,30).